The van der Waals surface area contributed by atoms with Gasteiger partial charge in [-0.3, -0.25) is 4.79 Å². The summed E-state index contributed by atoms with van der Waals surface area (Å²) in [5.41, 5.74) is 6.02. The fraction of sp³-hybridized carbons (Fsp3) is 0.133. The molecule has 0 radical (unpaired) electrons. The van der Waals surface area contributed by atoms with Gasteiger partial charge < -0.3 is 5.73 Å². The summed E-state index contributed by atoms with van der Waals surface area (Å²) in [5.74, 6) is -2.48. The Morgan fingerprint density at radius 3 is 2.16 bits per heavy atom. The zero-order chi connectivity index (χ0) is 13.8. The van der Waals surface area contributed by atoms with Crippen LogP contribution in [-0.2, 0) is 6.42 Å². The van der Waals surface area contributed by atoms with Crippen molar-refractivity contribution in [2.75, 3.05) is 0 Å². The summed E-state index contributed by atoms with van der Waals surface area (Å²) >= 11 is 0. The summed E-state index contributed by atoms with van der Waals surface area (Å²) in [6.45, 7) is 0. The van der Waals surface area contributed by atoms with E-state index in [2.05, 4.69) is 0 Å². The molecule has 0 amide bonds. The second-order valence-corrected chi connectivity index (χ2v) is 4.26. The molecule has 0 saturated carbocycles. The minimum absolute atomic E-state index is 0.243. The zero-order valence-corrected chi connectivity index (χ0v) is 10.1. The molecule has 0 aliphatic heterocycles. The standard InChI is InChI=1S/C15H13F2NO/c16-11-7-4-8-12(17)14(11)15(19)13(18)9-10-5-2-1-3-6-10/h1-8,13H,9,18H2. The van der Waals surface area contributed by atoms with Gasteiger partial charge in [-0.1, -0.05) is 36.4 Å². The Bertz CT molecular complexity index is 564. The first-order chi connectivity index (χ1) is 9.09. The fourth-order valence-electron chi connectivity index (χ4n) is 1.88. The molecule has 4 heteroatoms. The van der Waals surface area contributed by atoms with Crippen LogP contribution >= 0.6 is 0 Å². The minimum Gasteiger partial charge on any atom is -0.321 e. The lowest BCUT2D eigenvalue weighted by Crippen LogP contribution is -2.34. The molecule has 0 saturated heterocycles. The topological polar surface area (TPSA) is 43.1 Å². The van der Waals surface area contributed by atoms with Crippen molar-refractivity contribution in [3.8, 4) is 0 Å². The molecule has 0 bridgehead atoms. The van der Waals surface area contributed by atoms with E-state index < -0.39 is 29.0 Å². The van der Waals surface area contributed by atoms with Crippen molar-refractivity contribution in [3.63, 3.8) is 0 Å². The van der Waals surface area contributed by atoms with Crippen molar-refractivity contribution >= 4 is 5.78 Å². The number of benzene rings is 2. The van der Waals surface area contributed by atoms with Crippen LogP contribution in [0.2, 0.25) is 0 Å². The molecule has 2 aromatic rings. The van der Waals surface area contributed by atoms with Crippen molar-refractivity contribution < 1.29 is 13.6 Å². The quantitative estimate of drug-likeness (QED) is 0.860. The van der Waals surface area contributed by atoms with Crippen LogP contribution in [-0.4, -0.2) is 11.8 Å². The van der Waals surface area contributed by atoms with Crippen LogP contribution in [0.15, 0.2) is 48.5 Å². The Hall–Kier alpha value is -2.07. The van der Waals surface area contributed by atoms with Crippen LogP contribution in [0.25, 0.3) is 0 Å². The molecule has 2 rings (SSSR count). The minimum atomic E-state index is -0.964. The van der Waals surface area contributed by atoms with E-state index in [0.29, 0.717) is 0 Å². The van der Waals surface area contributed by atoms with Crippen LogP contribution in [0, 0.1) is 11.6 Å². The monoisotopic (exact) mass is 261 g/mol. The smallest absolute Gasteiger partial charge is 0.185 e. The molecule has 2 nitrogen and oxygen atoms in total. The van der Waals surface area contributed by atoms with Gasteiger partial charge in [-0.25, -0.2) is 8.78 Å². The van der Waals surface area contributed by atoms with Crippen molar-refractivity contribution in [2.24, 2.45) is 5.73 Å². The van der Waals surface area contributed by atoms with E-state index in [9.17, 15) is 13.6 Å². The van der Waals surface area contributed by atoms with Gasteiger partial charge in [0, 0.05) is 0 Å². The van der Waals surface area contributed by atoms with Crippen LogP contribution in [0.5, 0.6) is 0 Å². The Labute approximate surface area is 109 Å². The van der Waals surface area contributed by atoms with E-state index in [1.54, 1.807) is 0 Å². The number of carbonyl (C=O) groups excluding carboxylic acids is 1. The van der Waals surface area contributed by atoms with E-state index >= 15 is 0 Å². The normalized spacial score (nSPS) is 12.2. The first kappa shape index (κ1) is 13.4. The van der Waals surface area contributed by atoms with E-state index in [1.807, 2.05) is 30.3 Å². The van der Waals surface area contributed by atoms with E-state index in [-0.39, 0.29) is 6.42 Å². The van der Waals surface area contributed by atoms with Crippen LogP contribution in [0.1, 0.15) is 15.9 Å². The molecular weight excluding hydrogens is 248 g/mol. The first-order valence-corrected chi connectivity index (χ1v) is 5.87. The summed E-state index contributed by atoms with van der Waals surface area (Å²) in [6.07, 6.45) is 0.243. The second-order valence-electron chi connectivity index (χ2n) is 4.26. The fourth-order valence-corrected chi connectivity index (χ4v) is 1.88. The van der Waals surface area contributed by atoms with Gasteiger partial charge in [0.1, 0.15) is 11.6 Å². The molecule has 98 valence electrons. The number of hydrogen-bond donors (Lipinski definition) is 1. The Morgan fingerprint density at radius 1 is 1.00 bits per heavy atom. The molecule has 0 aliphatic carbocycles. The molecule has 1 atom stereocenters. The summed E-state index contributed by atoms with van der Waals surface area (Å²) in [7, 11) is 0. The lowest BCUT2D eigenvalue weighted by atomic mass is 9.98. The predicted molar refractivity (Wildman–Crippen MR) is 68.8 cm³/mol. The molecule has 0 aromatic heterocycles. The van der Waals surface area contributed by atoms with E-state index in [4.69, 9.17) is 5.73 Å². The zero-order valence-electron chi connectivity index (χ0n) is 10.1. The Kier molecular flexibility index (Phi) is 4.02. The molecule has 2 aromatic carbocycles. The molecule has 2 N–H and O–H groups in total. The third kappa shape index (κ3) is 3.03. The average Bonchev–Trinajstić information content (AvgIpc) is 2.39. The van der Waals surface area contributed by atoms with Crippen LogP contribution in [0.3, 0.4) is 0 Å². The molecule has 1 unspecified atom stereocenters. The first-order valence-electron chi connectivity index (χ1n) is 5.87. The Morgan fingerprint density at radius 2 is 1.58 bits per heavy atom. The molecule has 0 fully saturated rings. The van der Waals surface area contributed by atoms with E-state index in [1.165, 1.54) is 6.07 Å². The molecule has 0 spiro atoms. The average molecular weight is 261 g/mol. The highest BCUT2D eigenvalue weighted by Gasteiger charge is 2.23. The Balaban J connectivity index is 2.20. The number of halogens is 2. The van der Waals surface area contributed by atoms with Gasteiger partial charge in [0.05, 0.1) is 11.6 Å². The van der Waals surface area contributed by atoms with Crippen molar-refractivity contribution in [1.29, 1.82) is 0 Å². The second kappa shape index (κ2) is 5.71. The molecule has 0 heterocycles. The highest BCUT2D eigenvalue weighted by molar-refractivity contribution is 6.00. The summed E-state index contributed by atoms with van der Waals surface area (Å²) in [4.78, 5) is 12.0. The third-order valence-corrected chi connectivity index (χ3v) is 2.84. The number of carbonyl (C=O) groups is 1. The maximum absolute atomic E-state index is 13.5. The maximum atomic E-state index is 13.5. The predicted octanol–water partition coefficient (Wildman–Crippen LogP) is 2.72. The number of nitrogens with two attached hydrogens (primary N) is 1. The van der Waals surface area contributed by atoms with Gasteiger partial charge in [0.25, 0.3) is 0 Å². The van der Waals surface area contributed by atoms with Gasteiger partial charge in [0.15, 0.2) is 5.78 Å². The molecule has 0 aliphatic rings. The molecular formula is C15H13F2NO. The highest BCUT2D eigenvalue weighted by atomic mass is 19.1. The van der Waals surface area contributed by atoms with Gasteiger partial charge in [-0.05, 0) is 24.1 Å². The van der Waals surface area contributed by atoms with Crippen LogP contribution < -0.4 is 5.73 Å². The van der Waals surface area contributed by atoms with Gasteiger partial charge in [-0.2, -0.15) is 0 Å². The number of Topliss-reactive ketones (excluding diaryl/α,β-unsaturated/α-hetero) is 1. The lowest BCUT2D eigenvalue weighted by molar-refractivity contribution is 0.0952. The van der Waals surface area contributed by atoms with Crippen molar-refractivity contribution in [2.45, 2.75) is 12.5 Å². The van der Waals surface area contributed by atoms with Gasteiger partial charge >= 0.3 is 0 Å². The summed E-state index contributed by atoms with van der Waals surface area (Å²) < 4.78 is 27.0. The van der Waals surface area contributed by atoms with Gasteiger partial charge in [0.2, 0.25) is 0 Å². The summed E-state index contributed by atoms with van der Waals surface area (Å²) in [6, 6.07) is 11.4. The third-order valence-electron chi connectivity index (χ3n) is 2.84. The van der Waals surface area contributed by atoms with Crippen molar-refractivity contribution in [3.05, 3.63) is 71.3 Å². The SMILES string of the molecule is NC(Cc1ccccc1)C(=O)c1c(F)cccc1F. The maximum Gasteiger partial charge on any atom is 0.185 e. The van der Waals surface area contributed by atoms with Crippen molar-refractivity contribution in [1.82, 2.24) is 0 Å². The number of rotatable bonds is 4. The van der Waals surface area contributed by atoms with E-state index in [0.717, 1.165) is 17.7 Å². The molecule has 19 heavy (non-hydrogen) atoms. The largest absolute Gasteiger partial charge is 0.321 e. The number of ketones is 1. The van der Waals surface area contributed by atoms with Crippen LogP contribution in [0.4, 0.5) is 8.78 Å². The highest BCUT2D eigenvalue weighted by Crippen LogP contribution is 2.15. The van der Waals surface area contributed by atoms with Gasteiger partial charge in [-0.15, -0.1) is 0 Å². The number of hydrogen-bond acceptors (Lipinski definition) is 2. The lowest BCUT2D eigenvalue weighted by Gasteiger charge is -2.11. The summed E-state index contributed by atoms with van der Waals surface area (Å²) in [5, 5.41) is 0.